The van der Waals surface area contributed by atoms with Crippen molar-refractivity contribution >= 4 is 10.9 Å². The highest BCUT2D eigenvalue weighted by Crippen LogP contribution is 2.17. The Morgan fingerprint density at radius 1 is 1.42 bits per heavy atom. The molecule has 2 nitrogen and oxygen atoms in total. The maximum Gasteiger partial charge on any atom is 0.0456 e. The highest BCUT2D eigenvalue weighted by Gasteiger charge is 1.99. The quantitative estimate of drug-likeness (QED) is 0.693. The van der Waals surface area contributed by atoms with Crippen LogP contribution < -0.4 is 5.73 Å². The summed E-state index contributed by atoms with van der Waals surface area (Å²) < 4.78 is 15.5. The van der Waals surface area contributed by atoms with Crippen molar-refractivity contribution in [3.8, 4) is 0 Å². The number of hydrogen-bond acceptors (Lipinski definition) is 1. The molecule has 2 aromatic rings. The molecule has 0 bridgehead atoms. The van der Waals surface area contributed by atoms with E-state index in [9.17, 15) is 0 Å². The molecule has 0 aliphatic carbocycles. The van der Waals surface area contributed by atoms with Crippen LogP contribution in [0.4, 0.5) is 0 Å². The number of benzene rings is 1. The lowest BCUT2D eigenvalue weighted by molar-refractivity contribution is 0.976. The molecule has 0 fully saturated rings. The molecule has 0 spiro atoms. The molecule has 0 amide bonds. The number of nitrogens with two attached hydrogens (primary N) is 1. The zero-order valence-electron chi connectivity index (χ0n) is 8.67. The SMILES string of the molecule is [2H]C([2H])(CN)c1c[nH]c2ccccc12. The smallest absolute Gasteiger partial charge is 0.0456 e. The Bertz CT molecular complexity index is 448. The van der Waals surface area contributed by atoms with Crippen LogP contribution in [0.5, 0.6) is 0 Å². The minimum absolute atomic E-state index is 0.00511. The van der Waals surface area contributed by atoms with Crippen LogP contribution in [-0.2, 0) is 6.37 Å². The van der Waals surface area contributed by atoms with Gasteiger partial charge in [0.15, 0.2) is 0 Å². The van der Waals surface area contributed by atoms with E-state index in [1.165, 1.54) is 0 Å². The largest absolute Gasteiger partial charge is 0.361 e. The van der Waals surface area contributed by atoms with Gasteiger partial charge in [-0.1, -0.05) is 18.2 Å². The van der Waals surface area contributed by atoms with Crippen LogP contribution in [-0.4, -0.2) is 11.5 Å². The van der Waals surface area contributed by atoms with E-state index in [2.05, 4.69) is 4.98 Å². The first-order valence-corrected chi connectivity index (χ1v) is 3.92. The lowest BCUT2D eigenvalue weighted by Gasteiger charge is -1.93. The predicted molar refractivity (Wildman–Crippen MR) is 51.1 cm³/mol. The average Bonchev–Trinajstić information content (AvgIpc) is 2.61. The number of rotatable bonds is 2. The Balaban J connectivity index is 2.64. The Kier molecular flexibility index (Phi) is 1.34. The van der Waals surface area contributed by atoms with Gasteiger partial charge >= 0.3 is 0 Å². The number of fused-ring (bicyclic) bond motifs is 1. The van der Waals surface area contributed by atoms with Gasteiger partial charge in [0, 0.05) is 19.8 Å². The molecule has 0 unspecified atom stereocenters. The zero-order chi connectivity index (χ0) is 10.2. The van der Waals surface area contributed by atoms with Gasteiger partial charge in [0.25, 0.3) is 0 Å². The van der Waals surface area contributed by atoms with Crippen LogP contribution >= 0.6 is 0 Å². The molecule has 1 aromatic carbocycles. The van der Waals surface area contributed by atoms with E-state index in [4.69, 9.17) is 8.48 Å². The van der Waals surface area contributed by atoms with Crippen molar-refractivity contribution in [1.82, 2.24) is 4.98 Å². The molecule has 2 rings (SSSR count). The van der Waals surface area contributed by atoms with E-state index in [1.54, 1.807) is 6.20 Å². The van der Waals surface area contributed by atoms with Gasteiger partial charge in [0.1, 0.15) is 0 Å². The Hall–Kier alpha value is -1.28. The molecule has 0 aliphatic rings. The van der Waals surface area contributed by atoms with Crippen LogP contribution in [0.25, 0.3) is 10.9 Å². The molecular formula is C10H12N2. The molecule has 12 heavy (non-hydrogen) atoms. The fourth-order valence-electron chi connectivity index (χ4n) is 1.33. The Morgan fingerprint density at radius 2 is 2.25 bits per heavy atom. The van der Waals surface area contributed by atoms with Gasteiger partial charge in [0.2, 0.25) is 0 Å². The molecule has 62 valence electrons. The van der Waals surface area contributed by atoms with Crippen molar-refractivity contribution in [3.63, 3.8) is 0 Å². The molecule has 1 heterocycles. The molecule has 0 radical (unpaired) electrons. The fourth-order valence-corrected chi connectivity index (χ4v) is 1.33. The van der Waals surface area contributed by atoms with Gasteiger partial charge in [-0.15, -0.1) is 0 Å². The monoisotopic (exact) mass is 162 g/mol. The van der Waals surface area contributed by atoms with E-state index < -0.39 is 6.37 Å². The Morgan fingerprint density at radius 3 is 3.08 bits per heavy atom. The summed E-state index contributed by atoms with van der Waals surface area (Å²) in [5, 5.41) is 0.906. The number of H-pyrrole nitrogens is 1. The molecule has 0 saturated heterocycles. The molecular weight excluding hydrogens is 148 g/mol. The van der Waals surface area contributed by atoms with E-state index in [0.29, 0.717) is 5.56 Å². The van der Waals surface area contributed by atoms with Crippen molar-refractivity contribution in [2.75, 3.05) is 6.54 Å². The maximum absolute atomic E-state index is 7.74. The van der Waals surface area contributed by atoms with Crippen LogP contribution in [0.2, 0.25) is 0 Å². The molecule has 0 atom stereocenters. The second kappa shape index (κ2) is 2.99. The van der Waals surface area contributed by atoms with Crippen LogP contribution in [0.15, 0.2) is 30.5 Å². The number of nitrogens with one attached hydrogen (secondary N) is 1. The lowest BCUT2D eigenvalue weighted by Crippen LogP contribution is -2.01. The lowest BCUT2D eigenvalue weighted by atomic mass is 10.1. The minimum atomic E-state index is -1.46. The van der Waals surface area contributed by atoms with Gasteiger partial charge in [0.05, 0.1) is 0 Å². The summed E-state index contributed by atoms with van der Waals surface area (Å²) in [6.07, 6.45) is 0.233. The topological polar surface area (TPSA) is 41.8 Å². The van der Waals surface area contributed by atoms with Gasteiger partial charge in [-0.25, -0.2) is 0 Å². The summed E-state index contributed by atoms with van der Waals surface area (Å²) >= 11 is 0. The van der Waals surface area contributed by atoms with Crippen molar-refractivity contribution in [2.45, 2.75) is 6.37 Å². The van der Waals surface area contributed by atoms with Gasteiger partial charge in [-0.2, -0.15) is 0 Å². The van der Waals surface area contributed by atoms with Gasteiger partial charge in [-0.05, 0) is 24.5 Å². The van der Waals surface area contributed by atoms with Gasteiger partial charge < -0.3 is 10.7 Å². The molecule has 3 N–H and O–H groups in total. The van der Waals surface area contributed by atoms with E-state index >= 15 is 0 Å². The van der Waals surface area contributed by atoms with E-state index in [1.807, 2.05) is 24.3 Å². The summed E-state index contributed by atoms with van der Waals surface area (Å²) in [7, 11) is 0. The van der Waals surface area contributed by atoms with Crippen molar-refractivity contribution in [2.24, 2.45) is 5.73 Å². The summed E-state index contributed by atoms with van der Waals surface area (Å²) in [6, 6.07) is 7.63. The van der Waals surface area contributed by atoms with Crippen molar-refractivity contribution in [1.29, 1.82) is 0 Å². The highest BCUT2D eigenvalue weighted by atomic mass is 14.7. The van der Waals surface area contributed by atoms with Crippen molar-refractivity contribution < 1.29 is 2.74 Å². The normalized spacial score (nSPS) is 14.4. The molecule has 1 aromatic heterocycles. The van der Waals surface area contributed by atoms with Gasteiger partial charge in [-0.3, -0.25) is 0 Å². The first-order chi connectivity index (χ1) is 6.65. The summed E-state index contributed by atoms with van der Waals surface area (Å²) in [5.74, 6) is 0. The van der Waals surface area contributed by atoms with E-state index in [0.717, 1.165) is 10.9 Å². The molecule has 2 heteroatoms. The summed E-state index contributed by atoms with van der Waals surface area (Å²) in [6.45, 7) is -0.00511. The molecule has 0 saturated carbocycles. The highest BCUT2D eigenvalue weighted by molar-refractivity contribution is 5.82. The van der Waals surface area contributed by atoms with Crippen LogP contribution in [0, 0.1) is 0 Å². The number of aromatic nitrogens is 1. The van der Waals surface area contributed by atoms with Crippen LogP contribution in [0.3, 0.4) is 0 Å². The standard InChI is InChI=1S/C10H12N2/c11-6-5-8-7-12-10-4-2-1-3-9(8)10/h1-4,7,12H,5-6,11H2/i5D2. The van der Waals surface area contributed by atoms with E-state index in [-0.39, 0.29) is 6.54 Å². The number of para-hydroxylation sites is 1. The third-order valence-corrected chi connectivity index (χ3v) is 1.88. The predicted octanol–water partition coefficient (Wildman–Crippen LogP) is 1.67. The number of hydrogen-bond donors (Lipinski definition) is 2. The van der Waals surface area contributed by atoms with Crippen LogP contribution in [0.1, 0.15) is 8.30 Å². The third kappa shape index (κ3) is 1.10. The first-order valence-electron chi connectivity index (χ1n) is 4.92. The second-order valence-electron chi connectivity index (χ2n) is 2.63. The second-order valence-corrected chi connectivity index (χ2v) is 2.63. The Labute approximate surface area is 74.2 Å². The first kappa shape index (κ1) is 5.38. The number of aromatic amines is 1. The van der Waals surface area contributed by atoms with Crippen molar-refractivity contribution in [3.05, 3.63) is 36.0 Å². The maximum atomic E-state index is 7.74. The zero-order valence-corrected chi connectivity index (χ0v) is 6.67. The average molecular weight is 162 g/mol. The summed E-state index contributed by atoms with van der Waals surface area (Å²) in [4.78, 5) is 3.03. The third-order valence-electron chi connectivity index (χ3n) is 1.88. The minimum Gasteiger partial charge on any atom is -0.361 e. The fraction of sp³-hybridized carbons (Fsp3) is 0.200. The molecule has 0 aliphatic heterocycles. The summed E-state index contributed by atoms with van der Waals surface area (Å²) in [5.41, 5.74) is 6.98.